The molecule has 0 amide bonds. The SMILES string of the molecule is C=Cc1c2[n-]c(c1C)/C=C1\[N-]/C(=C3/CC(=O)c4c3[n-]c(c4C)/C=c3\[n-]/c(c(C)c3CC)=C\2)C(CCC(=O)OC)C1C.[Mn]. The molecule has 6 rings (SSSR count). The molecule has 0 aromatic carbocycles. The summed E-state index contributed by atoms with van der Waals surface area (Å²) in [5.41, 5.74) is 11.5. The summed E-state index contributed by atoms with van der Waals surface area (Å²) in [6, 6.07) is 0. The van der Waals surface area contributed by atoms with Gasteiger partial charge < -0.3 is 25.0 Å². The van der Waals surface area contributed by atoms with Gasteiger partial charge in [-0.1, -0.05) is 72.6 Å². The molecule has 3 aliphatic rings. The summed E-state index contributed by atoms with van der Waals surface area (Å²) < 4.78 is 4.95. The first-order valence-corrected chi connectivity index (χ1v) is 14.3. The van der Waals surface area contributed by atoms with Crippen LogP contribution in [0.5, 0.6) is 0 Å². The van der Waals surface area contributed by atoms with E-state index in [1.807, 2.05) is 31.2 Å². The van der Waals surface area contributed by atoms with Crippen molar-refractivity contribution in [2.24, 2.45) is 11.8 Å². The zero-order valence-corrected chi connectivity index (χ0v) is 26.1. The van der Waals surface area contributed by atoms with Crippen LogP contribution in [0.2, 0.25) is 0 Å². The Kier molecular flexibility index (Phi) is 7.90. The average Bonchev–Trinajstić information content (AvgIpc) is 3.70. The number of nitrogens with zero attached hydrogens (tertiary/aromatic N) is 4. The molecule has 2 atom stereocenters. The fraction of sp³-hybridized carbons (Fsp3) is 0.353. The molecule has 8 heteroatoms. The Hall–Kier alpha value is -3.74. The van der Waals surface area contributed by atoms with Crippen LogP contribution in [0.25, 0.3) is 35.2 Å². The van der Waals surface area contributed by atoms with Gasteiger partial charge in [-0.15, -0.1) is 33.5 Å². The number of esters is 1. The Morgan fingerprint density at radius 3 is 2.43 bits per heavy atom. The summed E-state index contributed by atoms with van der Waals surface area (Å²) in [6.45, 7) is 14.4. The maximum absolute atomic E-state index is 13.4. The summed E-state index contributed by atoms with van der Waals surface area (Å²) in [4.78, 5) is 40.6. The van der Waals surface area contributed by atoms with E-state index in [1.165, 1.54) is 7.11 Å². The van der Waals surface area contributed by atoms with Crippen molar-refractivity contribution in [1.82, 2.24) is 15.0 Å². The van der Waals surface area contributed by atoms with E-state index in [1.54, 1.807) is 0 Å². The number of methoxy groups -OCH3 is 1. The first-order valence-electron chi connectivity index (χ1n) is 14.3. The molecule has 1 aliphatic carbocycles. The van der Waals surface area contributed by atoms with Crippen molar-refractivity contribution < 1.29 is 31.4 Å². The second-order valence-corrected chi connectivity index (χ2v) is 11.3. The smallest absolute Gasteiger partial charge is 0.305 e. The third-order valence-corrected chi connectivity index (χ3v) is 9.08. The number of fused-ring (bicyclic) bond motifs is 7. The second-order valence-electron chi connectivity index (χ2n) is 11.3. The van der Waals surface area contributed by atoms with E-state index in [0.29, 0.717) is 17.7 Å². The summed E-state index contributed by atoms with van der Waals surface area (Å²) in [5, 5.41) is 6.89. The molecule has 7 nitrogen and oxygen atoms in total. The Labute approximate surface area is 256 Å². The third-order valence-electron chi connectivity index (χ3n) is 9.08. The normalized spacial score (nSPS) is 23.2. The number of rotatable bonds is 5. The van der Waals surface area contributed by atoms with Crippen LogP contribution in [-0.4, -0.2) is 18.9 Å². The van der Waals surface area contributed by atoms with Gasteiger partial charge in [-0.2, -0.15) is 11.4 Å². The Morgan fingerprint density at radius 1 is 1.02 bits per heavy atom. The molecule has 8 bridgehead atoms. The van der Waals surface area contributed by atoms with Gasteiger partial charge in [0.25, 0.3) is 0 Å². The maximum atomic E-state index is 13.4. The Morgan fingerprint density at radius 2 is 1.74 bits per heavy atom. The van der Waals surface area contributed by atoms with Crippen molar-refractivity contribution in [3.63, 3.8) is 0 Å². The molecular weight excluding hydrogens is 567 g/mol. The zero-order valence-electron chi connectivity index (χ0n) is 24.9. The molecule has 0 N–H and O–H groups in total. The van der Waals surface area contributed by atoms with Crippen molar-refractivity contribution in [1.29, 1.82) is 0 Å². The van der Waals surface area contributed by atoms with Crippen LogP contribution >= 0.6 is 0 Å². The number of hydrogen-bond donors (Lipinski definition) is 0. The van der Waals surface area contributed by atoms with Crippen LogP contribution in [0.1, 0.15) is 94.1 Å². The summed E-state index contributed by atoms with van der Waals surface area (Å²) >= 11 is 0. The number of ether oxygens (including phenoxy) is 1. The monoisotopic (exact) mass is 601 g/mol. The predicted octanol–water partition coefficient (Wildman–Crippen LogP) is 4.59. The Bertz CT molecular complexity index is 1830. The van der Waals surface area contributed by atoms with Crippen LogP contribution in [0.15, 0.2) is 18.0 Å². The molecule has 5 heterocycles. The van der Waals surface area contributed by atoms with Crippen molar-refractivity contribution in [3.8, 4) is 0 Å². The fourth-order valence-corrected chi connectivity index (χ4v) is 6.64. The molecule has 0 spiro atoms. The molecular formula is C34H34MnN4O3-4. The van der Waals surface area contributed by atoms with Gasteiger partial charge in [0.1, 0.15) is 0 Å². The van der Waals surface area contributed by atoms with E-state index in [4.69, 9.17) is 25.0 Å². The quantitative estimate of drug-likeness (QED) is 0.314. The second kappa shape index (κ2) is 11.2. The van der Waals surface area contributed by atoms with E-state index >= 15 is 0 Å². The Balaban J connectivity index is 0.00000353. The summed E-state index contributed by atoms with van der Waals surface area (Å²) in [5.74, 6) is -0.233. The molecule has 3 aromatic heterocycles. The summed E-state index contributed by atoms with van der Waals surface area (Å²) in [7, 11) is 1.41. The van der Waals surface area contributed by atoms with Gasteiger partial charge >= 0.3 is 5.97 Å². The molecule has 1 radical (unpaired) electrons. The van der Waals surface area contributed by atoms with Gasteiger partial charge in [-0.05, 0) is 51.0 Å². The van der Waals surface area contributed by atoms with Crippen molar-refractivity contribution in [2.45, 2.75) is 60.3 Å². The number of Topliss-reactive ketones (excluding diaryl/α,β-unsaturated/α-hetero) is 1. The van der Waals surface area contributed by atoms with E-state index in [9.17, 15) is 9.59 Å². The predicted molar refractivity (Wildman–Crippen MR) is 160 cm³/mol. The molecule has 2 aliphatic heterocycles. The van der Waals surface area contributed by atoms with Crippen LogP contribution in [0.3, 0.4) is 0 Å². The third kappa shape index (κ3) is 4.58. The van der Waals surface area contributed by atoms with Crippen molar-refractivity contribution in [2.75, 3.05) is 7.11 Å². The number of carbonyl (C=O) groups excluding carboxylic acids is 2. The van der Waals surface area contributed by atoms with Gasteiger partial charge in [-0.3, -0.25) is 9.59 Å². The van der Waals surface area contributed by atoms with E-state index < -0.39 is 0 Å². The number of aromatic nitrogens is 3. The molecule has 219 valence electrons. The average molecular weight is 602 g/mol. The van der Waals surface area contributed by atoms with Gasteiger partial charge in [0.2, 0.25) is 0 Å². The van der Waals surface area contributed by atoms with E-state index in [2.05, 4.69) is 34.3 Å². The molecule has 42 heavy (non-hydrogen) atoms. The first kappa shape index (κ1) is 29.7. The summed E-state index contributed by atoms with van der Waals surface area (Å²) in [6.07, 6.45) is 9.87. The van der Waals surface area contributed by atoms with Gasteiger partial charge in [0.05, 0.1) is 7.11 Å². The van der Waals surface area contributed by atoms with Gasteiger partial charge in [0, 0.05) is 35.5 Å². The number of ketones is 1. The molecule has 1 fully saturated rings. The van der Waals surface area contributed by atoms with E-state index in [0.717, 1.165) is 79.0 Å². The number of allylic oxidation sites excluding steroid dienone is 3. The van der Waals surface area contributed by atoms with Crippen molar-refractivity contribution in [3.05, 3.63) is 90.1 Å². The minimum atomic E-state index is -0.257. The van der Waals surface area contributed by atoms with Crippen LogP contribution < -0.4 is 25.7 Å². The minimum Gasteiger partial charge on any atom is -0.664 e. The number of carbonyl (C=O) groups is 2. The van der Waals surface area contributed by atoms with Gasteiger partial charge in [-0.25, -0.2) is 0 Å². The van der Waals surface area contributed by atoms with Crippen LogP contribution in [-0.2, 0) is 33.0 Å². The molecule has 0 saturated carbocycles. The fourth-order valence-electron chi connectivity index (χ4n) is 6.64. The van der Waals surface area contributed by atoms with Crippen LogP contribution in [0, 0.1) is 32.6 Å². The zero-order chi connectivity index (χ0) is 29.2. The van der Waals surface area contributed by atoms with Crippen molar-refractivity contribution >= 4 is 41.6 Å². The van der Waals surface area contributed by atoms with Gasteiger partial charge in [0.15, 0.2) is 5.78 Å². The topological polar surface area (TPSA) is 99.8 Å². The molecule has 3 aromatic rings. The largest absolute Gasteiger partial charge is 0.664 e. The standard InChI is InChI=1S/C34H35N4O3.Mn/c1-8-20-16(3)24-13-26-18(5)22(10-11-31(40)41-7)33(37-26)23-12-30(39)32-19(6)27(38-34(23)32)15-29-21(9-2)17(4)25(36-29)14-28(20)35-24;/h8,13-15,18,22H,1,9-12H2,2-7H3,(H-,37,38,39);/q-3;/p-1/b25-14-,26-13-,29-15-;. The number of hydrogen-bond acceptors (Lipinski definition) is 3. The molecule has 2 unspecified atom stereocenters. The molecule has 1 saturated heterocycles. The van der Waals surface area contributed by atoms with Crippen LogP contribution in [0.4, 0.5) is 0 Å². The first-order chi connectivity index (χ1) is 19.7. The maximum Gasteiger partial charge on any atom is 0.305 e. The van der Waals surface area contributed by atoms with E-state index in [-0.39, 0.29) is 53.5 Å². The minimum absolute atomic E-state index is 0.